The monoisotopic (exact) mass is 387 g/mol. The van der Waals surface area contributed by atoms with Gasteiger partial charge in [0.05, 0.1) is 6.61 Å². The molecule has 1 unspecified atom stereocenters. The van der Waals surface area contributed by atoms with E-state index in [1.165, 1.54) is 38.5 Å². The van der Waals surface area contributed by atoms with Crippen LogP contribution in [-0.2, 0) is 9.53 Å². The third-order valence-corrected chi connectivity index (χ3v) is 9.93. The average Bonchev–Trinajstić information content (AvgIpc) is 3.02. The minimum atomic E-state index is 0.337. The maximum absolute atomic E-state index is 12.3. The van der Waals surface area contributed by atoms with Crippen LogP contribution in [0.2, 0.25) is 0 Å². The molecule has 0 bridgehead atoms. The summed E-state index contributed by atoms with van der Waals surface area (Å²) in [6.45, 7) is 12.9. The number of fused-ring (bicyclic) bond motifs is 5. The number of nitrogens with zero attached hydrogens (tertiary/aromatic N) is 1. The van der Waals surface area contributed by atoms with Gasteiger partial charge in [-0.2, -0.15) is 0 Å². The van der Waals surface area contributed by atoms with Gasteiger partial charge >= 0.3 is 0 Å². The van der Waals surface area contributed by atoms with E-state index in [2.05, 4.69) is 39.3 Å². The molecule has 3 nitrogen and oxygen atoms in total. The maximum Gasteiger partial charge on any atom is 0.222 e. The molecule has 0 N–H and O–H groups in total. The molecule has 3 saturated carbocycles. The van der Waals surface area contributed by atoms with Gasteiger partial charge in [0.1, 0.15) is 0 Å². The van der Waals surface area contributed by atoms with Crippen molar-refractivity contribution < 1.29 is 9.53 Å². The lowest BCUT2D eigenvalue weighted by atomic mass is 9.46. The Labute approximate surface area is 172 Å². The molecule has 4 rings (SSSR count). The van der Waals surface area contributed by atoms with E-state index in [4.69, 9.17) is 4.74 Å². The van der Waals surface area contributed by atoms with Crippen molar-refractivity contribution in [3.8, 4) is 0 Å². The van der Waals surface area contributed by atoms with E-state index in [9.17, 15) is 4.79 Å². The van der Waals surface area contributed by atoms with E-state index < -0.39 is 0 Å². The number of likely N-dealkylation sites (tertiary alicyclic amines) is 1. The Hall–Kier alpha value is -0.830. The molecule has 158 valence electrons. The number of ether oxygens (including phenoxy) is 1. The Morgan fingerprint density at radius 2 is 1.89 bits per heavy atom. The Kier molecular flexibility index (Phi) is 5.44. The number of carbonyl (C=O) groups excluding carboxylic acids is 1. The molecule has 3 heteroatoms. The SMILES string of the molecule is C=CCOCC(C)[C@H]1CC[C@H]2[C@@H]3CC[C@H]4N(C)C(=O)CC[C@]4(C)[C@H]3CC[C@]12C. The minimum Gasteiger partial charge on any atom is -0.377 e. The first kappa shape index (κ1) is 20.4. The quantitative estimate of drug-likeness (QED) is 0.473. The van der Waals surface area contributed by atoms with Crippen molar-refractivity contribution in [1.29, 1.82) is 0 Å². The van der Waals surface area contributed by atoms with Crippen LogP contribution in [-0.4, -0.2) is 37.1 Å². The third-order valence-electron chi connectivity index (χ3n) is 9.93. The summed E-state index contributed by atoms with van der Waals surface area (Å²) in [5, 5.41) is 0. The van der Waals surface area contributed by atoms with Gasteiger partial charge in [-0.15, -0.1) is 6.58 Å². The molecule has 1 aliphatic heterocycles. The molecular formula is C25H41NO2. The second kappa shape index (κ2) is 7.45. The van der Waals surface area contributed by atoms with E-state index in [0.29, 0.717) is 35.3 Å². The van der Waals surface area contributed by atoms with E-state index in [1.807, 2.05) is 6.08 Å². The van der Waals surface area contributed by atoms with E-state index in [1.54, 1.807) is 0 Å². The second-order valence-electron chi connectivity index (χ2n) is 11.0. The van der Waals surface area contributed by atoms with Crippen LogP contribution in [0.5, 0.6) is 0 Å². The molecule has 0 aromatic carbocycles. The summed E-state index contributed by atoms with van der Waals surface area (Å²) in [5.74, 6) is 4.36. The normalized spacial score (nSPS) is 46.5. The van der Waals surface area contributed by atoms with Crippen molar-refractivity contribution in [2.24, 2.45) is 40.4 Å². The van der Waals surface area contributed by atoms with Crippen molar-refractivity contribution in [3.63, 3.8) is 0 Å². The Morgan fingerprint density at radius 3 is 2.64 bits per heavy atom. The van der Waals surface area contributed by atoms with Crippen molar-refractivity contribution in [3.05, 3.63) is 12.7 Å². The van der Waals surface area contributed by atoms with Gasteiger partial charge in [-0.3, -0.25) is 4.79 Å². The van der Waals surface area contributed by atoms with Gasteiger partial charge in [0.25, 0.3) is 0 Å². The lowest BCUT2D eigenvalue weighted by molar-refractivity contribution is -0.159. The number of hydrogen-bond donors (Lipinski definition) is 0. The highest BCUT2D eigenvalue weighted by molar-refractivity contribution is 5.77. The molecule has 0 radical (unpaired) electrons. The molecular weight excluding hydrogens is 346 g/mol. The zero-order valence-electron chi connectivity index (χ0n) is 18.6. The van der Waals surface area contributed by atoms with Crippen molar-refractivity contribution in [2.75, 3.05) is 20.3 Å². The summed E-state index contributed by atoms with van der Waals surface area (Å²) in [7, 11) is 2.06. The lowest BCUT2D eigenvalue weighted by Crippen LogP contribution is -2.61. The van der Waals surface area contributed by atoms with E-state index in [-0.39, 0.29) is 0 Å². The van der Waals surface area contributed by atoms with Crippen LogP contribution < -0.4 is 0 Å². The van der Waals surface area contributed by atoms with Crippen LogP contribution >= 0.6 is 0 Å². The molecule has 1 amide bonds. The van der Waals surface area contributed by atoms with Gasteiger partial charge in [-0.05, 0) is 85.4 Å². The zero-order valence-corrected chi connectivity index (χ0v) is 18.6. The summed E-state index contributed by atoms with van der Waals surface area (Å²) >= 11 is 0. The summed E-state index contributed by atoms with van der Waals surface area (Å²) in [4.78, 5) is 14.4. The lowest BCUT2D eigenvalue weighted by Gasteiger charge is -2.62. The van der Waals surface area contributed by atoms with E-state index >= 15 is 0 Å². The highest BCUT2D eigenvalue weighted by Crippen LogP contribution is 2.67. The summed E-state index contributed by atoms with van der Waals surface area (Å²) in [5.41, 5.74) is 0.821. The molecule has 1 saturated heterocycles. The number of carbonyl (C=O) groups is 1. The van der Waals surface area contributed by atoms with Gasteiger partial charge in [0, 0.05) is 26.1 Å². The molecule has 28 heavy (non-hydrogen) atoms. The van der Waals surface area contributed by atoms with Gasteiger partial charge < -0.3 is 9.64 Å². The molecule has 3 aliphatic carbocycles. The zero-order chi connectivity index (χ0) is 20.1. The maximum atomic E-state index is 12.3. The molecule has 1 heterocycles. The predicted molar refractivity (Wildman–Crippen MR) is 114 cm³/mol. The van der Waals surface area contributed by atoms with Crippen LogP contribution in [0, 0.1) is 40.4 Å². The average molecular weight is 388 g/mol. The van der Waals surface area contributed by atoms with E-state index in [0.717, 1.165) is 43.1 Å². The number of piperidine rings is 1. The smallest absolute Gasteiger partial charge is 0.222 e. The van der Waals surface area contributed by atoms with Crippen LogP contribution in [0.25, 0.3) is 0 Å². The first-order valence-corrected chi connectivity index (χ1v) is 11.8. The first-order valence-electron chi connectivity index (χ1n) is 11.8. The highest BCUT2D eigenvalue weighted by atomic mass is 16.5. The highest BCUT2D eigenvalue weighted by Gasteiger charge is 2.61. The van der Waals surface area contributed by atoms with Crippen LogP contribution in [0.15, 0.2) is 12.7 Å². The van der Waals surface area contributed by atoms with Gasteiger partial charge in [-0.25, -0.2) is 0 Å². The molecule has 4 aliphatic rings. The largest absolute Gasteiger partial charge is 0.377 e. The summed E-state index contributed by atoms with van der Waals surface area (Å²) in [6, 6.07) is 0.475. The topological polar surface area (TPSA) is 29.5 Å². The van der Waals surface area contributed by atoms with Crippen LogP contribution in [0.3, 0.4) is 0 Å². The third kappa shape index (κ3) is 2.99. The van der Waals surface area contributed by atoms with Gasteiger partial charge in [0.15, 0.2) is 0 Å². The van der Waals surface area contributed by atoms with Crippen LogP contribution in [0.1, 0.15) is 72.1 Å². The number of hydrogen-bond acceptors (Lipinski definition) is 2. The second-order valence-corrected chi connectivity index (χ2v) is 11.0. The fourth-order valence-electron chi connectivity index (χ4n) is 8.58. The van der Waals surface area contributed by atoms with Crippen molar-refractivity contribution in [1.82, 2.24) is 4.90 Å². The van der Waals surface area contributed by atoms with Crippen LogP contribution in [0.4, 0.5) is 0 Å². The molecule has 0 aromatic rings. The van der Waals surface area contributed by atoms with Crippen molar-refractivity contribution in [2.45, 2.75) is 78.2 Å². The Balaban J connectivity index is 1.52. The fourth-order valence-corrected chi connectivity index (χ4v) is 8.58. The molecule has 8 atom stereocenters. The Bertz CT molecular complexity index is 618. The van der Waals surface area contributed by atoms with Crippen molar-refractivity contribution >= 4 is 5.91 Å². The number of rotatable bonds is 5. The summed E-state index contributed by atoms with van der Waals surface area (Å²) in [6.07, 6.45) is 11.8. The minimum absolute atomic E-state index is 0.337. The Morgan fingerprint density at radius 1 is 1.14 bits per heavy atom. The standard InChI is InChI=1S/C25H41NO2/c1-6-15-28-16-17(2)19-8-9-20-18-7-10-22-25(4,14-12-23(27)26(22)5)21(18)11-13-24(19,20)3/h6,17-22H,1,7-16H2,2-5H3/t17?,18-,19+,20-,21-,22+,24+,25+/m0/s1. The molecule has 0 spiro atoms. The van der Waals surface area contributed by atoms with Gasteiger partial charge in [-0.1, -0.05) is 26.8 Å². The molecule has 0 aromatic heterocycles. The summed E-state index contributed by atoms with van der Waals surface area (Å²) < 4.78 is 5.84. The molecule has 4 fully saturated rings. The number of amides is 1. The van der Waals surface area contributed by atoms with Gasteiger partial charge in [0.2, 0.25) is 5.91 Å². The fraction of sp³-hybridized carbons (Fsp3) is 0.880. The first-order chi connectivity index (χ1) is 13.3. The predicted octanol–water partition coefficient (Wildman–Crippen LogP) is 5.30.